The number of aromatic nitrogens is 4. The van der Waals surface area contributed by atoms with E-state index in [1.807, 2.05) is 24.3 Å². The van der Waals surface area contributed by atoms with Crippen molar-refractivity contribution in [3.05, 3.63) is 53.1 Å². The molecule has 0 saturated carbocycles. The smallest absolute Gasteiger partial charge is 0.350 e. The van der Waals surface area contributed by atoms with Gasteiger partial charge < -0.3 is 4.42 Å². The monoisotopic (exact) mass is 266 g/mol. The number of nitrogens with zero attached hydrogens (tertiary/aromatic N) is 4. The second kappa shape index (κ2) is 3.80. The van der Waals surface area contributed by atoms with E-state index in [-0.39, 0.29) is 5.69 Å². The van der Waals surface area contributed by atoms with Gasteiger partial charge in [-0.25, -0.2) is 9.78 Å². The van der Waals surface area contributed by atoms with Crippen LogP contribution in [0.15, 0.2) is 51.9 Å². The number of aryl methyl sites for hydroxylation is 1. The first kappa shape index (κ1) is 11.0. The summed E-state index contributed by atoms with van der Waals surface area (Å²) in [5, 5.41) is 5.12. The van der Waals surface area contributed by atoms with Crippen LogP contribution in [0.4, 0.5) is 0 Å². The third kappa shape index (κ3) is 1.36. The lowest BCUT2D eigenvalue weighted by Crippen LogP contribution is -2.25. The summed E-state index contributed by atoms with van der Waals surface area (Å²) >= 11 is 0. The molecule has 0 amide bonds. The second-order valence-electron chi connectivity index (χ2n) is 4.51. The van der Waals surface area contributed by atoms with Gasteiger partial charge in [0.25, 0.3) is 0 Å². The van der Waals surface area contributed by atoms with Gasteiger partial charge in [0, 0.05) is 12.4 Å². The number of furan rings is 1. The summed E-state index contributed by atoms with van der Waals surface area (Å²) in [6.45, 7) is 0. The minimum atomic E-state index is -0.232. The molecule has 98 valence electrons. The molecule has 0 unspecified atom stereocenters. The van der Waals surface area contributed by atoms with Crippen molar-refractivity contribution in [3.8, 4) is 11.6 Å². The molecule has 0 N–H and O–H groups in total. The fourth-order valence-electron chi connectivity index (χ4n) is 2.33. The zero-order chi connectivity index (χ0) is 13.7. The van der Waals surface area contributed by atoms with Gasteiger partial charge in [0.1, 0.15) is 0 Å². The highest BCUT2D eigenvalue weighted by molar-refractivity contribution is 5.91. The van der Waals surface area contributed by atoms with E-state index in [2.05, 4.69) is 10.1 Å². The summed E-state index contributed by atoms with van der Waals surface area (Å²) in [5.74, 6) is 0.947. The van der Waals surface area contributed by atoms with Crippen LogP contribution in [0.2, 0.25) is 0 Å². The molecule has 20 heavy (non-hydrogen) atoms. The van der Waals surface area contributed by atoms with Gasteiger partial charge in [0.05, 0.1) is 11.8 Å². The molecule has 3 heterocycles. The molecule has 0 aliphatic rings. The lowest BCUT2D eigenvalue weighted by Gasteiger charge is -2.04. The van der Waals surface area contributed by atoms with Crippen LogP contribution in [0.25, 0.3) is 28.1 Å². The summed E-state index contributed by atoms with van der Waals surface area (Å²) in [4.78, 5) is 16.7. The molecule has 0 spiro atoms. The Morgan fingerprint density at radius 2 is 2.00 bits per heavy atom. The molecule has 0 radical (unpaired) electrons. The topological polar surface area (TPSA) is 65.3 Å². The van der Waals surface area contributed by atoms with E-state index in [1.54, 1.807) is 30.0 Å². The normalized spacial score (nSPS) is 11.4. The first-order valence-corrected chi connectivity index (χ1v) is 6.14. The van der Waals surface area contributed by atoms with Gasteiger partial charge in [0.15, 0.2) is 11.4 Å². The van der Waals surface area contributed by atoms with Gasteiger partial charge >= 0.3 is 5.69 Å². The van der Waals surface area contributed by atoms with Crippen LogP contribution in [0.3, 0.4) is 0 Å². The zero-order valence-corrected chi connectivity index (χ0v) is 10.6. The van der Waals surface area contributed by atoms with Crippen LogP contribution in [0.5, 0.6) is 0 Å². The molecule has 0 aliphatic heterocycles. The largest absolute Gasteiger partial charge is 0.461 e. The highest BCUT2D eigenvalue weighted by Gasteiger charge is 2.15. The Kier molecular flexibility index (Phi) is 2.09. The van der Waals surface area contributed by atoms with Gasteiger partial charge in [-0.05, 0) is 24.3 Å². The van der Waals surface area contributed by atoms with E-state index in [4.69, 9.17) is 4.42 Å². The molecule has 0 fully saturated rings. The average Bonchev–Trinajstić information content (AvgIpc) is 3.13. The lowest BCUT2D eigenvalue weighted by molar-refractivity contribution is 0.577. The molecule has 6 nitrogen and oxygen atoms in total. The van der Waals surface area contributed by atoms with E-state index in [0.29, 0.717) is 17.2 Å². The molecule has 0 aliphatic carbocycles. The standard InChI is InChI=1S/C14H10N4O2/c1-17-10-6-3-2-5-9(10)13-15-12(11-7-4-8-20-11)16-18(13)14(17)19/h2-8H,1H3. The van der Waals surface area contributed by atoms with Gasteiger partial charge in [-0.1, -0.05) is 12.1 Å². The molecule has 0 bridgehead atoms. The van der Waals surface area contributed by atoms with Crippen molar-refractivity contribution in [2.24, 2.45) is 7.05 Å². The SMILES string of the molecule is Cn1c(=O)n2nc(-c3ccco3)nc2c2ccccc21. The Labute approximate surface area is 112 Å². The molecule has 4 rings (SSSR count). The first-order valence-electron chi connectivity index (χ1n) is 6.14. The molecule has 0 saturated heterocycles. The summed E-state index contributed by atoms with van der Waals surface area (Å²) in [7, 11) is 1.72. The third-order valence-corrected chi connectivity index (χ3v) is 3.32. The average molecular weight is 266 g/mol. The zero-order valence-electron chi connectivity index (χ0n) is 10.6. The summed E-state index contributed by atoms with van der Waals surface area (Å²) < 4.78 is 8.15. The molecule has 6 heteroatoms. The van der Waals surface area contributed by atoms with Crippen LogP contribution < -0.4 is 5.69 Å². The van der Waals surface area contributed by atoms with Crippen LogP contribution in [-0.2, 0) is 7.05 Å². The molecule has 4 aromatic rings. The van der Waals surface area contributed by atoms with Crippen molar-refractivity contribution in [3.63, 3.8) is 0 Å². The maximum absolute atomic E-state index is 12.3. The van der Waals surface area contributed by atoms with Crippen molar-refractivity contribution in [2.75, 3.05) is 0 Å². The van der Waals surface area contributed by atoms with E-state index < -0.39 is 0 Å². The van der Waals surface area contributed by atoms with Crippen molar-refractivity contribution in [1.29, 1.82) is 0 Å². The number of hydrogen-bond acceptors (Lipinski definition) is 4. The van der Waals surface area contributed by atoms with Crippen molar-refractivity contribution in [2.45, 2.75) is 0 Å². The van der Waals surface area contributed by atoms with E-state index in [9.17, 15) is 4.79 Å². The molecular formula is C14H10N4O2. The second-order valence-corrected chi connectivity index (χ2v) is 4.51. The van der Waals surface area contributed by atoms with Crippen LogP contribution >= 0.6 is 0 Å². The fourth-order valence-corrected chi connectivity index (χ4v) is 2.33. The fraction of sp³-hybridized carbons (Fsp3) is 0.0714. The highest BCUT2D eigenvalue weighted by Crippen LogP contribution is 2.20. The Hall–Kier alpha value is -2.89. The maximum atomic E-state index is 12.3. The van der Waals surface area contributed by atoms with Crippen LogP contribution in [-0.4, -0.2) is 19.2 Å². The number of fused-ring (bicyclic) bond motifs is 3. The number of hydrogen-bond donors (Lipinski definition) is 0. The van der Waals surface area contributed by atoms with Gasteiger partial charge in [-0.15, -0.1) is 5.10 Å². The van der Waals surface area contributed by atoms with Gasteiger partial charge in [-0.2, -0.15) is 4.52 Å². The Balaban J connectivity index is 2.19. The number of benzene rings is 1. The molecular weight excluding hydrogens is 256 g/mol. The van der Waals surface area contributed by atoms with Crippen LogP contribution in [0.1, 0.15) is 0 Å². The van der Waals surface area contributed by atoms with Gasteiger partial charge in [-0.3, -0.25) is 4.57 Å². The number of para-hydroxylation sites is 1. The highest BCUT2D eigenvalue weighted by atomic mass is 16.3. The van der Waals surface area contributed by atoms with Crippen LogP contribution in [0, 0.1) is 0 Å². The number of rotatable bonds is 1. The Morgan fingerprint density at radius 1 is 1.15 bits per heavy atom. The maximum Gasteiger partial charge on any atom is 0.350 e. The molecule has 0 atom stereocenters. The molecule has 3 aromatic heterocycles. The predicted molar refractivity (Wildman–Crippen MR) is 73.4 cm³/mol. The quantitative estimate of drug-likeness (QED) is 0.527. The minimum Gasteiger partial charge on any atom is -0.461 e. The predicted octanol–water partition coefficient (Wildman–Crippen LogP) is 1.84. The van der Waals surface area contributed by atoms with Crippen molar-refractivity contribution in [1.82, 2.24) is 19.2 Å². The lowest BCUT2D eigenvalue weighted by atomic mass is 10.2. The van der Waals surface area contributed by atoms with Gasteiger partial charge in [0.2, 0.25) is 5.82 Å². The Bertz CT molecular complexity index is 980. The van der Waals surface area contributed by atoms with Crippen molar-refractivity contribution < 1.29 is 4.42 Å². The van der Waals surface area contributed by atoms with E-state index in [0.717, 1.165) is 10.9 Å². The van der Waals surface area contributed by atoms with E-state index >= 15 is 0 Å². The van der Waals surface area contributed by atoms with E-state index in [1.165, 1.54) is 4.52 Å². The summed E-state index contributed by atoms with van der Waals surface area (Å²) in [6.07, 6.45) is 1.55. The summed E-state index contributed by atoms with van der Waals surface area (Å²) in [6, 6.07) is 11.1. The summed E-state index contributed by atoms with van der Waals surface area (Å²) in [5.41, 5.74) is 1.13. The van der Waals surface area contributed by atoms with Crippen molar-refractivity contribution >= 4 is 16.6 Å². The first-order chi connectivity index (χ1) is 9.75. The third-order valence-electron chi connectivity index (χ3n) is 3.32. The minimum absolute atomic E-state index is 0.232. The molecule has 1 aromatic carbocycles. The Morgan fingerprint density at radius 3 is 2.80 bits per heavy atom.